The molecule has 0 fully saturated rings. The fraction of sp³-hybridized carbons (Fsp3) is 0.167. The molecule has 0 radical (unpaired) electrons. The van der Waals surface area contributed by atoms with Crippen LogP contribution in [0.1, 0.15) is 5.56 Å². The van der Waals surface area contributed by atoms with Crippen LogP contribution in [0.5, 0.6) is 0 Å². The molecule has 0 amide bonds. The molecule has 0 heterocycles. The number of rotatable bonds is 4. The highest BCUT2D eigenvalue weighted by molar-refractivity contribution is 7.04. The molecule has 2 aromatic rings. The molecule has 0 unspecified atom stereocenters. The van der Waals surface area contributed by atoms with E-state index in [0.717, 1.165) is 10.8 Å². The van der Waals surface area contributed by atoms with Gasteiger partial charge in [0.2, 0.25) is 0 Å². The normalized spacial score (nSPS) is 10.9. The second-order valence-corrected chi connectivity index (χ2v) is 9.73. The van der Waals surface area contributed by atoms with E-state index in [1.165, 1.54) is 17.3 Å². The molecule has 0 aliphatic rings. The quantitative estimate of drug-likeness (QED) is 0.676. The third kappa shape index (κ3) is 3.59. The second-order valence-electron chi connectivity index (χ2n) is 5.40. The topological polar surface area (TPSA) is 20.2 Å². The lowest BCUT2D eigenvalue weighted by Gasteiger charge is -2.25. The minimum absolute atomic E-state index is 0.0516. The van der Waals surface area contributed by atoms with E-state index >= 15 is 0 Å². The maximum atomic E-state index is 13.2. The van der Waals surface area contributed by atoms with E-state index in [1.807, 2.05) is 18.2 Å². The maximum Gasteiger partial charge on any atom is 0.123 e. The SMILES string of the molecule is C[Si](C)(C(=C=CCO)c1ccc(F)cc1)c1ccccc1. The summed E-state index contributed by atoms with van der Waals surface area (Å²) in [4.78, 5) is 0. The Labute approximate surface area is 126 Å². The van der Waals surface area contributed by atoms with Gasteiger partial charge in [-0.15, -0.1) is 5.73 Å². The highest BCUT2D eigenvalue weighted by Gasteiger charge is 2.29. The third-order valence-corrected chi connectivity index (χ3v) is 7.05. The molecule has 1 nitrogen and oxygen atoms in total. The number of aliphatic hydroxyl groups excluding tert-OH is 1. The van der Waals surface area contributed by atoms with Gasteiger partial charge in [-0.2, -0.15) is 0 Å². The van der Waals surface area contributed by atoms with Crippen LogP contribution in [-0.2, 0) is 0 Å². The van der Waals surface area contributed by atoms with Crippen LogP contribution in [0, 0.1) is 5.82 Å². The molecular weight excluding hydrogens is 279 g/mol. The van der Waals surface area contributed by atoms with Gasteiger partial charge in [-0.3, -0.25) is 0 Å². The van der Waals surface area contributed by atoms with E-state index in [0.29, 0.717) is 0 Å². The molecule has 0 bridgehead atoms. The average Bonchev–Trinajstić information content (AvgIpc) is 2.50. The molecule has 0 spiro atoms. The van der Waals surface area contributed by atoms with Crippen molar-refractivity contribution in [3.63, 3.8) is 0 Å². The van der Waals surface area contributed by atoms with Crippen LogP contribution in [0.15, 0.2) is 66.4 Å². The van der Waals surface area contributed by atoms with Crippen LogP contribution in [-0.4, -0.2) is 19.8 Å². The van der Waals surface area contributed by atoms with Crippen molar-refractivity contribution in [1.29, 1.82) is 0 Å². The van der Waals surface area contributed by atoms with Gasteiger partial charge < -0.3 is 5.11 Å². The van der Waals surface area contributed by atoms with Crippen molar-refractivity contribution in [2.75, 3.05) is 6.61 Å². The van der Waals surface area contributed by atoms with Crippen molar-refractivity contribution >= 4 is 18.5 Å². The fourth-order valence-corrected chi connectivity index (χ4v) is 5.05. The molecular formula is C18H19FOSi. The van der Waals surface area contributed by atoms with Crippen molar-refractivity contribution in [3.8, 4) is 0 Å². The van der Waals surface area contributed by atoms with Crippen molar-refractivity contribution in [1.82, 2.24) is 0 Å². The fourth-order valence-electron chi connectivity index (χ4n) is 2.39. The van der Waals surface area contributed by atoms with E-state index in [-0.39, 0.29) is 12.4 Å². The van der Waals surface area contributed by atoms with Crippen LogP contribution in [0.4, 0.5) is 4.39 Å². The molecule has 0 atom stereocenters. The first-order valence-electron chi connectivity index (χ1n) is 6.93. The summed E-state index contributed by atoms with van der Waals surface area (Å²) in [6.07, 6.45) is 1.62. The molecule has 0 aliphatic carbocycles. The Kier molecular flexibility index (Phi) is 4.92. The minimum Gasteiger partial charge on any atom is -0.392 e. The Morgan fingerprint density at radius 1 is 1.10 bits per heavy atom. The highest BCUT2D eigenvalue weighted by Crippen LogP contribution is 2.25. The molecule has 0 aliphatic heterocycles. The van der Waals surface area contributed by atoms with Gasteiger partial charge >= 0.3 is 0 Å². The summed E-state index contributed by atoms with van der Waals surface area (Å²) >= 11 is 0. The first-order chi connectivity index (χ1) is 10.1. The first kappa shape index (κ1) is 15.5. The Balaban J connectivity index is 2.56. The molecule has 21 heavy (non-hydrogen) atoms. The molecule has 1 N–H and O–H groups in total. The lowest BCUT2D eigenvalue weighted by molar-refractivity contribution is 0.343. The summed E-state index contributed by atoms with van der Waals surface area (Å²) in [5.74, 6) is -0.247. The zero-order valence-electron chi connectivity index (χ0n) is 12.3. The molecule has 0 aromatic heterocycles. The van der Waals surface area contributed by atoms with Crippen molar-refractivity contribution in [2.45, 2.75) is 13.1 Å². The largest absolute Gasteiger partial charge is 0.392 e. The molecule has 2 rings (SSSR count). The van der Waals surface area contributed by atoms with Gasteiger partial charge in [-0.25, -0.2) is 4.39 Å². The van der Waals surface area contributed by atoms with Gasteiger partial charge in [0, 0.05) is 0 Å². The number of aliphatic hydroxyl groups is 1. The summed E-state index contributed by atoms with van der Waals surface area (Å²) in [6, 6.07) is 16.8. The standard InChI is InChI=1S/C18H19FOSi/c1-21(2,17-7-4-3-5-8-17)18(9-6-14-20)15-10-12-16(19)13-11-15/h3-8,10-13,20H,14H2,1-2H3. The van der Waals surface area contributed by atoms with Gasteiger partial charge in [-0.1, -0.05) is 60.7 Å². The Morgan fingerprint density at radius 2 is 1.71 bits per heavy atom. The van der Waals surface area contributed by atoms with Gasteiger partial charge in [0.05, 0.1) is 6.61 Å². The monoisotopic (exact) mass is 298 g/mol. The Morgan fingerprint density at radius 3 is 2.29 bits per heavy atom. The summed E-state index contributed by atoms with van der Waals surface area (Å²) in [6.45, 7) is 4.42. The van der Waals surface area contributed by atoms with Crippen LogP contribution in [0.2, 0.25) is 13.1 Å². The smallest absolute Gasteiger partial charge is 0.123 e. The number of halogens is 1. The van der Waals surface area contributed by atoms with Crippen LogP contribution in [0.25, 0.3) is 5.20 Å². The number of hydrogen-bond donors (Lipinski definition) is 1. The predicted molar refractivity (Wildman–Crippen MR) is 88.5 cm³/mol. The summed E-state index contributed by atoms with van der Waals surface area (Å²) in [7, 11) is -1.96. The lowest BCUT2D eigenvalue weighted by Crippen LogP contribution is -2.42. The van der Waals surface area contributed by atoms with Gasteiger partial charge in [0.1, 0.15) is 13.9 Å². The van der Waals surface area contributed by atoms with Gasteiger partial charge in [-0.05, 0) is 29.0 Å². The van der Waals surface area contributed by atoms with Crippen molar-refractivity contribution < 1.29 is 9.50 Å². The third-order valence-electron chi connectivity index (χ3n) is 3.59. The van der Waals surface area contributed by atoms with E-state index < -0.39 is 8.07 Å². The zero-order chi connectivity index (χ0) is 15.3. The number of hydrogen-bond acceptors (Lipinski definition) is 1. The lowest BCUT2D eigenvalue weighted by atomic mass is 10.2. The molecule has 3 heteroatoms. The van der Waals surface area contributed by atoms with E-state index in [1.54, 1.807) is 18.2 Å². The Hall–Kier alpha value is -1.93. The zero-order valence-corrected chi connectivity index (χ0v) is 13.3. The predicted octanol–water partition coefficient (Wildman–Crippen LogP) is 3.51. The van der Waals surface area contributed by atoms with E-state index in [4.69, 9.17) is 5.11 Å². The minimum atomic E-state index is -1.96. The summed E-state index contributed by atoms with van der Waals surface area (Å²) < 4.78 is 13.2. The maximum absolute atomic E-state index is 13.2. The van der Waals surface area contributed by atoms with Gasteiger partial charge in [0.15, 0.2) is 0 Å². The van der Waals surface area contributed by atoms with Crippen LogP contribution >= 0.6 is 0 Å². The molecule has 0 saturated heterocycles. The molecule has 2 aromatic carbocycles. The molecule has 0 saturated carbocycles. The Bertz CT molecular complexity index is 653. The second kappa shape index (κ2) is 6.68. The first-order valence-corrected chi connectivity index (χ1v) is 9.93. The van der Waals surface area contributed by atoms with E-state index in [9.17, 15) is 4.39 Å². The van der Waals surface area contributed by atoms with Crippen molar-refractivity contribution in [3.05, 3.63) is 77.8 Å². The number of benzene rings is 2. The van der Waals surface area contributed by atoms with Gasteiger partial charge in [0.25, 0.3) is 0 Å². The highest BCUT2D eigenvalue weighted by atomic mass is 28.3. The van der Waals surface area contributed by atoms with Crippen LogP contribution in [0.3, 0.4) is 0 Å². The van der Waals surface area contributed by atoms with Crippen LogP contribution < -0.4 is 5.19 Å². The average molecular weight is 298 g/mol. The van der Waals surface area contributed by atoms with E-state index in [2.05, 4.69) is 31.0 Å². The van der Waals surface area contributed by atoms with Crippen molar-refractivity contribution in [2.24, 2.45) is 0 Å². The molecule has 108 valence electrons. The summed E-state index contributed by atoms with van der Waals surface area (Å²) in [5.41, 5.74) is 4.18. The summed E-state index contributed by atoms with van der Waals surface area (Å²) in [5, 5.41) is 11.4.